The second-order valence-electron chi connectivity index (χ2n) is 7.27. The average Bonchev–Trinajstić information content (AvgIpc) is 2.81. The monoisotopic (exact) mass is 441 g/mol. The van der Waals surface area contributed by atoms with Crippen LogP contribution in [0.25, 0.3) is 5.69 Å². The third kappa shape index (κ3) is 4.19. The molecule has 1 saturated heterocycles. The molecule has 0 radical (unpaired) electrons. The first kappa shape index (κ1) is 20.7. The van der Waals surface area contributed by atoms with Crippen LogP contribution in [-0.2, 0) is 0 Å². The first-order chi connectivity index (χ1) is 15.0. The van der Waals surface area contributed by atoms with Gasteiger partial charge in [0.15, 0.2) is 5.82 Å². The molecule has 1 unspecified atom stereocenters. The second-order valence-corrected chi connectivity index (χ2v) is 7.65. The zero-order chi connectivity index (χ0) is 22.0. The molecule has 10 nitrogen and oxygen atoms in total. The van der Waals surface area contributed by atoms with Gasteiger partial charge in [-0.2, -0.15) is 14.9 Å². The summed E-state index contributed by atoms with van der Waals surface area (Å²) in [5.41, 5.74) is 0.389. The van der Waals surface area contributed by atoms with E-state index in [2.05, 4.69) is 20.2 Å². The molecule has 4 rings (SSSR count). The number of nitro groups is 1. The van der Waals surface area contributed by atoms with Crippen molar-refractivity contribution >= 4 is 28.8 Å². The molecule has 3 heterocycles. The quantitative estimate of drug-likeness (QED) is 0.439. The Hall–Kier alpha value is -3.53. The summed E-state index contributed by atoms with van der Waals surface area (Å²) in [7, 11) is 1.89. The number of benzene rings is 1. The Kier molecular flexibility index (Phi) is 5.81. The lowest BCUT2D eigenvalue weighted by molar-refractivity contribution is -0.384. The number of non-ortho nitro benzene ring substituents is 1. The molecule has 0 aliphatic carbocycles. The summed E-state index contributed by atoms with van der Waals surface area (Å²) in [5.74, 6) is 0.818. The number of hydrogen-bond donors (Lipinski definition) is 0. The van der Waals surface area contributed by atoms with E-state index < -0.39 is 10.5 Å². The van der Waals surface area contributed by atoms with Crippen LogP contribution in [0.5, 0.6) is 0 Å². The van der Waals surface area contributed by atoms with Crippen molar-refractivity contribution in [3.05, 3.63) is 74.3 Å². The van der Waals surface area contributed by atoms with Crippen LogP contribution in [0.1, 0.15) is 12.8 Å². The SMILES string of the molecule is CN(c1cnn(-c2ccc([N+](=O)[O-])cc2)c(=O)c1Cl)C1CCCN(c2cccnn2)C1. The Balaban J connectivity index is 1.57. The molecule has 31 heavy (non-hydrogen) atoms. The zero-order valence-electron chi connectivity index (χ0n) is 16.8. The summed E-state index contributed by atoms with van der Waals surface area (Å²) in [6, 6.07) is 9.47. The van der Waals surface area contributed by atoms with E-state index in [0.717, 1.165) is 36.4 Å². The smallest absolute Gasteiger partial charge is 0.292 e. The highest BCUT2D eigenvalue weighted by atomic mass is 35.5. The Morgan fingerprint density at radius 1 is 1.26 bits per heavy atom. The third-order valence-electron chi connectivity index (χ3n) is 5.41. The van der Waals surface area contributed by atoms with E-state index in [1.54, 1.807) is 12.4 Å². The predicted molar refractivity (Wildman–Crippen MR) is 117 cm³/mol. The van der Waals surface area contributed by atoms with Crippen molar-refractivity contribution in [2.24, 2.45) is 0 Å². The van der Waals surface area contributed by atoms with Crippen molar-refractivity contribution in [1.82, 2.24) is 20.0 Å². The second kappa shape index (κ2) is 8.68. The van der Waals surface area contributed by atoms with Crippen LogP contribution in [-0.4, -0.2) is 51.1 Å². The van der Waals surface area contributed by atoms with Crippen LogP contribution in [0.2, 0.25) is 5.02 Å². The van der Waals surface area contributed by atoms with Gasteiger partial charge in [0.25, 0.3) is 11.2 Å². The van der Waals surface area contributed by atoms with E-state index in [4.69, 9.17) is 11.6 Å². The van der Waals surface area contributed by atoms with E-state index >= 15 is 0 Å². The fourth-order valence-corrected chi connectivity index (χ4v) is 3.97. The van der Waals surface area contributed by atoms with Gasteiger partial charge in [-0.25, -0.2) is 0 Å². The molecule has 0 bridgehead atoms. The summed E-state index contributed by atoms with van der Waals surface area (Å²) >= 11 is 6.44. The first-order valence-electron chi connectivity index (χ1n) is 9.74. The van der Waals surface area contributed by atoms with Crippen LogP contribution >= 0.6 is 11.6 Å². The molecule has 1 aliphatic heterocycles. The number of nitro benzene ring substituents is 1. The standard InChI is InChI=1S/C20H20ClN7O3/c1-25(16-4-3-11-26(13-16)18-5-2-10-22-24-18)17-12-23-27(20(29)19(17)21)14-6-8-15(9-7-14)28(30)31/h2,5-10,12,16H,3-4,11,13H2,1H3. The molecule has 1 aliphatic rings. The molecular formula is C20H20ClN7O3. The van der Waals surface area contributed by atoms with Crippen molar-refractivity contribution in [3.8, 4) is 5.69 Å². The van der Waals surface area contributed by atoms with Crippen molar-refractivity contribution in [3.63, 3.8) is 0 Å². The molecule has 11 heteroatoms. The van der Waals surface area contributed by atoms with Gasteiger partial charge in [-0.15, -0.1) is 5.10 Å². The summed E-state index contributed by atoms with van der Waals surface area (Å²) in [6.07, 6.45) is 5.10. The van der Waals surface area contributed by atoms with Crippen molar-refractivity contribution in [2.45, 2.75) is 18.9 Å². The van der Waals surface area contributed by atoms with Gasteiger partial charge in [-0.1, -0.05) is 11.6 Å². The molecule has 0 saturated carbocycles. The van der Waals surface area contributed by atoms with Gasteiger partial charge < -0.3 is 9.80 Å². The molecule has 160 valence electrons. The van der Waals surface area contributed by atoms with Gasteiger partial charge in [0.2, 0.25) is 0 Å². The average molecular weight is 442 g/mol. The van der Waals surface area contributed by atoms with Crippen LogP contribution in [0.3, 0.4) is 0 Å². The number of likely N-dealkylation sites (N-methyl/N-ethyl adjacent to an activating group) is 1. The number of piperidine rings is 1. The molecule has 1 aromatic carbocycles. The first-order valence-corrected chi connectivity index (χ1v) is 10.1. The molecule has 2 aromatic heterocycles. The summed E-state index contributed by atoms with van der Waals surface area (Å²) < 4.78 is 1.14. The number of rotatable bonds is 5. The Labute approximate surface area is 182 Å². The van der Waals surface area contributed by atoms with E-state index in [1.807, 2.05) is 24.1 Å². The molecule has 1 atom stereocenters. The highest BCUT2D eigenvalue weighted by Crippen LogP contribution is 2.27. The van der Waals surface area contributed by atoms with Crippen molar-refractivity contribution in [1.29, 1.82) is 0 Å². The topological polar surface area (TPSA) is 110 Å². The highest BCUT2D eigenvalue weighted by Gasteiger charge is 2.26. The van der Waals surface area contributed by atoms with E-state index in [0.29, 0.717) is 11.4 Å². The molecule has 1 fully saturated rings. The third-order valence-corrected chi connectivity index (χ3v) is 5.77. The fraction of sp³-hybridized carbons (Fsp3) is 0.300. The van der Waals surface area contributed by atoms with E-state index in [1.165, 1.54) is 24.3 Å². The van der Waals surface area contributed by atoms with Gasteiger partial charge >= 0.3 is 0 Å². The minimum Gasteiger partial charge on any atom is -0.367 e. The summed E-state index contributed by atoms with van der Waals surface area (Å²) in [4.78, 5) is 27.3. The maximum atomic E-state index is 12.9. The maximum Gasteiger partial charge on any atom is 0.292 e. The largest absolute Gasteiger partial charge is 0.367 e. The van der Waals surface area contributed by atoms with Crippen molar-refractivity contribution in [2.75, 3.05) is 29.9 Å². The lowest BCUT2D eigenvalue weighted by Crippen LogP contribution is -2.47. The molecular weight excluding hydrogens is 422 g/mol. The minimum absolute atomic E-state index is 0.0486. The fourth-order valence-electron chi connectivity index (χ4n) is 3.71. The molecule has 0 N–H and O–H groups in total. The van der Waals surface area contributed by atoms with Gasteiger partial charge in [-0.3, -0.25) is 14.9 Å². The minimum atomic E-state index is -0.500. The zero-order valence-corrected chi connectivity index (χ0v) is 17.5. The molecule has 0 amide bonds. The number of halogens is 1. The highest BCUT2D eigenvalue weighted by molar-refractivity contribution is 6.33. The number of aromatic nitrogens is 4. The van der Waals surface area contributed by atoms with Gasteiger partial charge in [0, 0.05) is 44.5 Å². The maximum absolute atomic E-state index is 12.9. The lowest BCUT2D eigenvalue weighted by Gasteiger charge is -2.39. The summed E-state index contributed by atoms with van der Waals surface area (Å²) in [6.45, 7) is 1.60. The molecule has 3 aromatic rings. The van der Waals surface area contributed by atoms with Crippen LogP contribution in [0, 0.1) is 10.1 Å². The molecule has 0 spiro atoms. The number of anilines is 2. The Bertz CT molecular complexity index is 1140. The van der Waals surface area contributed by atoms with Crippen LogP contribution in [0.4, 0.5) is 17.2 Å². The summed E-state index contributed by atoms with van der Waals surface area (Å²) in [5, 5.41) is 23.3. The van der Waals surface area contributed by atoms with Crippen molar-refractivity contribution < 1.29 is 4.92 Å². The number of nitrogens with zero attached hydrogens (tertiary/aromatic N) is 7. The normalized spacial score (nSPS) is 16.2. The van der Waals surface area contributed by atoms with Gasteiger partial charge in [0.1, 0.15) is 5.02 Å². The van der Waals surface area contributed by atoms with Gasteiger partial charge in [-0.05, 0) is 37.1 Å². The Morgan fingerprint density at radius 3 is 2.71 bits per heavy atom. The number of hydrogen-bond acceptors (Lipinski definition) is 8. The van der Waals surface area contributed by atoms with Gasteiger partial charge in [0.05, 0.1) is 22.5 Å². The lowest BCUT2D eigenvalue weighted by atomic mass is 10.0. The van der Waals surface area contributed by atoms with Crippen LogP contribution < -0.4 is 15.4 Å². The van der Waals surface area contributed by atoms with E-state index in [-0.39, 0.29) is 16.8 Å². The van der Waals surface area contributed by atoms with Crippen LogP contribution in [0.15, 0.2) is 53.6 Å². The Morgan fingerprint density at radius 2 is 2.03 bits per heavy atom. The van der Waals surface area contributed by atoms with E-state index in [9.17, 15) is 14.9 Å². The predicted octanol–water partition coefficient (Wildman–Crippen LogP) is 2.69.